The van der Waals surface area contributed by atoms with Gasteiger partial charge in [0.15, 0.2) is 0 Å². The molecule has 2 aromatic heterocycles. The number of hydrogen-bond acceptors (Lipinski definition) is 6. The fourth-order valence-electron chi connectivity index (χ4n) is 3.53. The number of thiazole rings is 1. The van der Waals surface area contributed by atoms with Crippen molar-refractivity contribution in [1.29, 1.82) is 0 Å². The first kappa shape index (κ1) is 24.6. The Balaban J connectivity index is 1.77. The summed E-state index contributed by atoms with van der Waals surface area (Å²) in [6, 6.07) is 2.08. The molecule has 0 bridgehead atoms. The fourth-order valence-corrected chi connectivity index (χ4v) is 4.51. The summed E-state index contributed by atoms with van der Waals surface area (Å²) in [7, 11) is 0. The predicted octanol–water partition coefficient (Wildman–Crippen LogP) is 6.31. The Morgan fingerprint density at radius 1 is 0.938 bits per heavy atom. The summed E-state index contributed by atoms with van der Waals surface area (Å²) in [4.78, 5) is 28.9. The lowest BCUT2D eigenvalue weighted by atomic mass is 9.89. The summed E-state index contributed by atoms with van der Waals surface area (Å²) >= 11 is 1.69. The molecule has 0 aromatic carbocycles. The minimum absolute atomic E-state index is 0.0645. The molecule has 0 unspecified atom stereocenters. The van der Waals surface area contributed by atoms with Gasteiger partial charge in [0.25, 0.3) is 0 Å². The summed E-state index contributed by atoms with van der Waals surface area (Å²) in [5.74, 6) is 1.21. The lowest BCUT2D eigenvalue weighted by Crippen LogP contribution is -2.41. The first-order valence-electron chi connectivity index (χ1n) is 11.5. The Hall–Kier alpha value is -2.02. The van der Waals surface area contributed by atoms with Gasteiger partial charge in [0.2, 0.25) is 0 Å². The van der Waals surface area contributed by atoms with Crippen LogP contribution in [0.5, 0.6) is 0 Å². The van der Waals surface area contributed by atoms with Crippen molar-refractivity contribution in [3.63, 3.8) is 0 Å². The van der Waals surface area contributed by atoms with Crippen LogP contribution < -0.4 is 0 Å². The number of carbonyl (C=O) groups is 1. The lowest BCUT2D eigenvalue weighted by Gasteiger charge is -2.32. The van der Waals surface area contributed by atoms with Crippen molar-refractivity contribution in [2.45, 2.75) is 97.5 Å². The molecule has 3 rings (SSSR count). The summed E-state index contributed by atoms with van der Waals surface area (Å²) in [6.07, 6.45) is 1.58. The molecule has 0 saturated carbocycles. The Morgan fingerprint density at radius 2 is 1.56 bits per heavy atom. The van der Waals surface area contributed by atoms with E-state index in [0.717, 1.165) is 40.8 Å². The molecule has 7 heteroatoms. The number of amides is 1. The third-order valence-electron chi connectivity index (χ3n) is 5.45. The molecule has 0 radical (unpaired) electrons. The molecule has 0 N–H and O–H groups in total. The van der Waals surface area contributed by atoms with Crippen LogP contribution in [0.15, 0.2) is 11.4 Å². The van der Waals surface area contributed by atoms with Crippen LogP contribution in [0.25, 0.3) is 11.4 Å². The third kappa shape index (κ3) is 6.06. The summed E-state index contributed by atoms with van der Waals surface area (Å²) in [6.45, 7) is 20.1. The zero-order valence-electron chi connectivity index (χ0n) is 21.1. The molecule has 32 heavy (non-hydrogen) atoms. The highest BCUT2D eigenvalue weighted by molar-refractivity contribution is 7.10. The molecule has 1 amide bonds. The number of nitrogens with zero attached hydrogens (tertiary/aromatic N) is 4. The largest absolute Gasteiger partial charge is 0.444 e. The summed E-state index contributed by atoms with van der Waals surface area (Å²) < 4.78 is 5.52. The molecule has 3 heterocycles. The van der Waals surface area contributed by atoms with Crippen LogP contribution in [0.4, 0.5) is 4.79 Å². The highest BCUT2D eigenvalue weighted by atomic mass is 32.1. The molecule has 1 saturated heterocycles. The van der Waals surface area contributed by atoms with Crippen LogP contribution in [0, 0.1) is 0 Å². The van der Waals surface area contributed by atoms with Crippen molar-refractivity contribution >= 4 is 17.4 Å². The second kappa shape index (κ2) is 8.73. The predicted molar refractivity (Wildman–Crippen MR) is 130 cm³/mol. The van der Waals surface area contributed by atoms with Gasteiger partial charge in [0.05, 0.1) is 22.1 Å². The quantitative estimate of drug-likeness (QED) is 0.527. The highest BCUT2D eigenvalue weighted by Gasteiger charge is 2.29. The maximum atomic E-state index is 12.3. The van der Waals surface area contributed by atoms with Gasteiger partial charge >= 0.3 is 6.09 Å². The third-order valence-corrected chi connectivity index (χ3v) is 6.45. The van der Waals surface area contributed by atoms with E-state index in [1.54, 1.807) is 11.3 Å². The maximum absolute atomic E-state index is 12.3. The van der Waals surface area contributed by atoms with Gasteiger partial charge < -0.3 is 9.64 Å². The van der Waals surface area contributed by atoms with Gasteiger partial charge in [0, 0.05) is 35.2 Å². The fraction of sp³-hybridized carbons (Fsp3) is 0.680. The summed E-state index contributed by atoms with van der Waals surface area (Å²) in [5.41, 5.74) is 2.18. The molecule has 1 fully saturated rings. The topological polar surface area (TPSA) is 68.2 Å². The monoisotopic (exact) mass is 458 g/mol. The van der Waals surface area contributed by atoms with E-state index >= 15 is 0 Å². The van der Waals surface area contributed by atoms with Crippen molar-refractivity contribution in [2.75, 3.05) is 13.1 Å². The van der Waals surface area contributed by atoms with E-state index in [2.05, 4.69) is 53.0 Å². The number of hydrogen-bond donors (Lipinski definition) is 0. The van der Waals surface area contributed by atoms with Crippen molar-refractivity contribution in [1.82, 2.24) is 19.9 Å². The van der Waals surface area contributed by atoms with E-state index in [1.807, 2.05) is 25.7 Å². The van der Waals surface area contributed by atoms with Gasteiger partial charge in [-0.2, -0.15) is 0 Å². The van der Waals surface area contributed by atoms with E-state index in [1.165, 1.54) is 0 Å². The zero-order valence-corrected chi connectivity index (χ0v) is 21.9. The first-order valence-corrected chi connectivity index (χ1v) is 12.4. The number of carbonyl (C=O) groups excluding carboxylic acids is 1. The second-order valence-corrected chi connectivity index (χ2v) is 12.7. The Labute approximate surface area is 196 Å². The van der Waals surface area contributed by atoms with Crippen LogP contribution in [-0.4, -0.2) is 44.6 Å². The Kier molecular flexibility index (Phi) is 6.72. The minimum atomic E-state index is -0.465. The van der Waals surface area contributed by atoms with Gasteiger partial charge in [-0.05, 0) is 39.7 Å². The SMILES string of the molecule is CC(C)(C)OC(=O)N1CCC(c2nc(-c3cc(C(C)(C)C)nc(C(C)(C)C)n3)cs2)CC1. The standard InChI is InChI=1S/C25H38N4O2S/c1-23(2,3)19-14-17(27-21(28-19)24(4,5)6)18-15-32-20(26-18)16-10-12-29(13-11-16)22(30)31-25(7,8)9/h14-16H,10-13H2,1-9H3. The number of piperidine rings is 1. The molecule has 2 aromatic rings. The molecule has 6 nitrogen and oxygen atoms in total. The van der Waals surface area contributed by atoms with Crippen molar-refractivity contribution < 1.29 is 9.53 Å². The number of likely N-dealkylation sites (tertiary alicyclic amines) is 1. The van der Waals surface area contributed by atoms with Crippen LogP contribution in [0.2, 0.25) is 0 Å². The molecular formula is C25H38N4O2S. The van der Waals surface area contributed by atoms with Crippen LogP contribution in [-0.2, 0) is 15.6 Å². The minimum Gasteiger partial charge on any atom is -0.444 e. The van der Waals surface area contributed by atoms with Crippen molar-refractivity contribution in [3.05, 3.63) is 28.0 Å². The number of aromatic nitrogens is 3. The van der Waals surface area contributed by atoms with E-state index < -0.39 is 5.60 Å². The zero-order chi connectivity index (χ0) is 23.9. The van der Waals surface area contributed by atoms with Gasteiger partial charge in [-0.25, -0.2) is 19.7 Å². The average molecular weight is 459 g/mol. The van der Waals surface area contributed by atoms with Gasteiger partial charge in [-0.3, -0.25) is 0 Å². The van der Waals surface area contributed by atoms with Crippen LogP contribution >= 0.6 is 11.3 Å². The number of rotatable bonds is 2. The molecule has 1 aliphatic rings. The van der Waals surface area contributed by atoms with Crippen molar-refractivity contribution in [3.8, 4) is 11.4 Å². The van der Waals surface area contributed by atoms with E-state index in [4.69, 9.17) is 19.7 Å². The van der Waals surface area contributed by atoms with Crippen LogP contribution in [0.1, 0.15) is 97.6 Å². The van der Waals surface area contributed by atoms with E-state index in [0.29, 0.717) is 19.0 Å². The maximum Gasteiger partial charge on any atom is 0.410 e. The molecule has 0 aliphatic carbocycles. The number of ether oxygens (including phenoxy) is 1. The Morgan fingerprint density at radius 3 is 2.09 bits per heavy atom. The summed E-state index contributed by atoms with van der Waals surface area (Å²) in [5, 5.41) is 3.23. The smallest absolute Gasteiger partial charge is 0.410 e. The van der Waals surface area contributed by atoms with Gasteiger partial charge in [-0.1, -0.05) is 41.5 Å². The molecule has 0 atom stereocenters. The highest BCUT2D eigenvalue weighted by Crippen LogP contribution is 2.34. The van der Waals surface area contributed by atoms with E-state index in [-0.39, 0.29) is 16.9 Å². The second-order valence-electron chi connectivity index (χ2n) is 11.8. The van der Waals surface area contributed by atoms with Crippen LogP contribution in [0.3, 0.4) is 0 Å². The average Bonchev–Trinajstić information content (AvgIpc) is 3.15. The van der Waals surface area contributed by atoms with Gasteiger partial charge in [0.1, 0.15) is 11.4 Å². The molecule has 0 spiro atoms. The van der Waals surface area contributed by atoms with Gasteiger partial charge in [-0.15, -0.1) is 11.3 Å². The lowest BCUT2D eigenvalue weighted by molar-refractivity contribution is 0.0205. The molecule has 176 valence electrons. The molecular weight excluding hydrogens is 420 g/mol. The first-order chi connectivity index (χ1) is 14.6. The van der Waals surface area contributed by atoms with E-state index in [9.17, 15) is 4.79 Å². The normalized spacial score (nSPS) is 16.3. The Bertz CT molecular complexity index is 923. The molecule has 1 aliphatic heterocycles. The van der Waals surface area contributed by atoms with Crippen molar-refractivity contribution in [2.24, 2.45) is 0 Å².